The standard InChI is InChI=1S/C9H15N5O/c10-5-7-1-3-14(4-2-7)9(15)8-6-11-13-12-8/h6-7H,1-5,10H2,(H,11,12,13). The largest absolute Gasteiger partial charge is 0.337 e. The molecule has 1 saturated heterocycles. The highest BCUT2D eigenvalue weighted by Crippen LogP contribution is 2.16. The Balaban J connectivity index is 1.93. The van der Waals surface area contributed by atoms with E-state index in [-0.39, 0.29) is 5.91 Å². The highest BCUT2D eigenvalue weighted by atomic mass is 16.2. The number of nitrogens with zero attached hydrogens (tertiary/aromatic N) is 3. The number of aromatic nitrogens is 3. The van der Waals surface area contributed by atoms with Gasteiger partial charge in [-0.2, -0.15) is 15.4 Å². The van der Waals surface area contributed by atoms with Crippen molar-refractivity contribution in [1.29, 1.82) is 0 Å². The van der Waals surface area contributed by atoms with Crippen LogP contribution in [-0.2, 0) is 0 Å². The topological polar surface area (TPSA) is 87.9 Å². The van der Waals surface area contributed by atoms with Crippen LogP contribution in [0.5, 0.6) is 0 Å². The minimum atomic E-state index is -0.0424. The van der Waals surface area contributed by atoms with E-state index in [2.05, 4.69) is 15.4 Å². The number of nitrogens with one attached hydrogen (secondary N) is 1. The van der Waals surface area contributed by atoms with Crippen molar-refractivity contribution in [2.75, 3.05) is 19.6 Å². The van der Waals surface area contributed by atoms with E-state index in [0.717, 1.165) is 25.9 Å². The van der Waals surface area contributed by atoms with Gasteiger partial charge in [-0.25, -0.2) is 0 Å². The van der Waals surface area contributed by atoms with Crippen LogP contribution in [0, 0.1) is 5.92 Å². The third-order valence-electron chi connectivity index (χ3n) is 2.87. The predicted octanol–water partition coefficient (Wildman–Crippen LogP) is -0.384. The fourth-order valence-corrected chi connectivity index (χ4v) is 1.84. The molecule has 0 unspecified atom stereocenters. The van der Waals surface area contributed by atoms with Gasteiger partial charge in [-0.3, -0.25) is 4.79 Å². The van der Waals surface area contributed by atoms with Crippen molar-refractivity contribution in [3.8, 4) is 0 Å². The molecule has 0 aliphatic carbocycles. The van der Waals surface area contributed by atoms with Crippen LogP contribution >= 0.6 is 0 Å². The molecule has 3 N–H and O–H groups in total. The summed E-state index contributed by atoms with van der Waals surface area (Å²) in [5.74, 6) is 0.519. The van der Waals surface area contributed by atoms with Crippen molar-refractivity contribution in [2.45, 2.75) is 12.8 Å². The molecule has 0 spiro atoms. The molecular weight excluding hydrogens is 194 g/mol. The summed E-state index contributed by atoms with van der Waals surface area (Å²) in [4.78, 5) is 13.6. The second kappa shape index (κ2) is 4.39. The predicted molar refractivity (Wildman–Crippen MR) is 54.1 cm³/mol. The molecule has 0 aromatic carbocycles. The number of hydrogen-bond acceptors (Lipinski definition) is 4. The van der Waals surface area contributed by atoms with Crippen LogP contribution in [0.2, 0.25) is 0 Å². The lowest BCUT2D eigenvalue weighted by atomic mass is 9.97. The molecule has 2 rings (SSSR count). The number of likely N-dealkylation sites (tertiary alicyclic amines) is 1. The first-order chi connectivity index (χ1) is 7.31. The third kappa shape index (κ3) is 2.15. The number of aromatic amines is 1. The number of carbonyl (C=O) groups excluding carboxylic acids is 1. The van der Waals surface area contributed by atoms with Gasteiger partial charge in [0.1, 0.15) is 0 Å². The van der Waals surface area contributed by atoms with Crippen LogP contribution in [-0.4, -0.2) is 45.9 Å². The van der Waals surface area contributed by atoms with Crippen molar-refractivity contribution in [3.05, 3.63) is 11.9 Å². The van der Waals surface area contributed by atoms with Gasteiger partial charge in [0.25, 0.3) is 5.91 Å². The highest BCUT2D eigenvalue weighted by Gasteiger charge is 2.23. The van der Waals surface area contributed by atoms with E-state index in [9.17, 15) is 4.79 Å². The summed E-state index contributed by atoms with van der Waals surface area (Å²) < 4.78 is 0. The normalized spacial score (nSPS) is 18.1. The van der Waals surface area contributed by atoms with Crippen LogP contribution in [0.3, 0.4) is 0 Å². The van der Waals surface area contributed by atoms with Crippen molar-refractivity contribution >= 4 is 5.91 Å². The van der Waals surface area contributed by atoms with E-state index >= 15 is 0 Å². The van der Waals surface area contributed by atoms with Gasteiger partial charge in [0.05, 0.1) is 6.20 Å². The number of H-pyrrole nitrogens is 1. The number of nitrogens with two attached hydrogens (primary N) is 1. The summed E-state index contributed by atoms with van der Waals surface area (Å²) in [6.07, 6.45) is 3.43. The molecule has 0 saturated carbocycles. The first kappa shape index (κ1) is 10.1. The lowest BCUT2D eigenvalue weighted by molar-refractivity contribution is 0.0687. The first-order valence-electron chi connectivity index (χ1n) is 5.16. The molecule has 6 nitrogen and oxygen atoms in total. The minimum Gasteiger partial charge on any atom is -0.337 e. The highest BCUT2D eigenvalue weighted by molar-refractivity contribution is 5.91. The Labute approximate surface area is 87.8 Å². The quantitative estimate of drug-likeness (QED) is 0.694. The SMILES string of the molecule is NCC1CCN(C(=O)c2cn[nH]n2)CC1. The van der Waals surface area contributed by atoms with E-state index in [1.165, 1.54) is 6.20 Å². The van der Waals surface area contributed by atoms with Gasteiger partial charge in [0, 0.05) is 13.1 Å². The summed E-state index contributed by atoms with van der Waals surface area (Å²) >= 11 is 0. The number of piperidine rings is 1. The fourth-order valence-electron chi connectivity index (χ4n) is 1.84. The van der Waals surface area contributed by atoms with Crippen LogP contribution in [0.1, 0.15) is 23.3 Å². The molecule has 1 aromatic heterocycles. The smallest absolute Gasteiger partial charge is 0.276 e. The lowest BCUT2D eigenvalue weighted by Gasteiger charge is -2.30. The zero-order chi connectivity index (χ0) is 10.7. The Hall–Kier alpha value is -1.43. The van der Waals surface area contributed by atoms with Gasteiger partial charge in [0.2, 0.25) is 0 Å². The summed E-state index contributed by atoms with van der Waals surface area (Å²) in [5.41, 5.74) is 5.98. The zero-order valence-corrected chi connectivity index (χ0v) is 8.52. The summed E-state index contributed by atoms with van der Waals surface area (Å²) in [7, 11) is 0. The van der Waals surface area contributed by atoms with Crippen molar-refractivity contribution in [1.82, 2.24) is 20.3 Å². The van der Waals surface area contributed by atoms with Crippen LogP contribution in [0.4, 0.5) is 0 Å². The van der Waals surface area contributed by atoms with E-state index in [4.69, 9.17) is 5.73 Å². The summed E-state index contributed by atoms with van der Waals surface area (Å²) in [6.45, 7) is 2.26. The van der Waals surface area contributed by atoms with E-state index < -0.39 is 0 Å². The summed E-state index contributed by atoms with van der Waals surface area (Å²) in [6, 6.07) is 0. The van der Waals surface area contributed by atoms with Crippen LogP contribution in [0.25, 0.3) is 0 Å². The number of amides is 1. The molecule has 0 bridgehead atoms. The monoisotopic (exact) mass is 209 g/mol. The Bertz CT molecular complexity index is 315. The maximum absolute atomic E-state index is 11.8. The Morgan fingerprint density at radius 3 is 2.87 bits per heavy atom. The molecular formula is C9H15N5O. The molecule has 1 aromatic rings. The molecule has 0 atom stereocenters. The Morgan fingerprint density at radius 2 is 2.33 bits per heavy atom. The fraction of sp³-hybridized carbons (Fsp3) is 0.667. The molecule has 15 heavy (non-hydrogen) atoms. The number of rotatable bonds is 2. The molecule has 6 heteroatoms. The zero-order valence-electron chi connectivity index (χ0n) is 8.52. The summed E-state index contributed by atoms with van der Waals surface area (Å²) in [5, 5.41) is 9.85. The molecule has 1 aliphatic heterocycles. The van der Waals surface area contributed by atoms with Gasteiger partial charge in [-0.15, -0.1) is 0 Å². The molecule has 0 radical (unpaired) electrons. The van der Waals surface area contributed by atoms with Crippen molar-refractivity contribution < 1.29 is 4.79 Å². The Kier molecular flexibility index (Phi) is 2.96. The van der Waals surface area contributed by atoms with Gasteiger partial charge >= 0.3 is 0 Å². The van der Waals surface area contributed by atoms with Crippen LogP contribution in [0.15, 0.2) is 6.20 Å². The average molecular weight is 209 g/mol. The third-order valence-corrected chi connectivity index (χ3v) is 2.87. The molecule has 1 amide bonds. The maximum atomic E-state index is 11.8. The Morgan fingerprint density at radius 1 is 1.60 bits per heavy atom. The molecule has 82 valence electrons. The van der Waals surface area contributed by atoms with Gasteiger partial charge in [0.15, 0.2) is 5.69 Å². The van der Waals surface area contributed by atoms with Crippen molar-refractivity contribution in [2.24, 2.45) is 11.7 Å². The molecule has 1 fully saturated rings. The van der Waals surface area contributed by atoms with Gasteiger partial charge in [-0.05, 0) is 25.3 Å². The van der Waals surface area contributed by atoms with E-state index in [0.29, 0.717) is 18.2 Å². The molecule has 2 heterocycles. The number of carbonyl (C=O) groups is 1. The minimum absolute atomic E-state index is 0.0424. The van der Waals surface area contributed by atoms with Crippen LogP contribution < -0.4 is 5.73 Å². The second-order valence-corrected chi connectivity index (χ2v) is 3.83. The first-order valence-corrected chi connectivity index (χ1v) is 5.16. The van der Waals surface area contributed by atoms with E-state index in [1.807, 2.05) is 4.90 Å². The second-order valence-electron chi connectivity index (χ2n) is 3.83. The molecule has 1 aliphatic rings. The maximum Gasteiger partial charge on any atom is 0.276 e. The average Bonchev–Trinajstić information content (AvgIpc) is 2.82. The van der Waals surface area contributed by atoms with Gasteiger partial charge in [-0.1, -0.05) is 0 Å². The number of hydrogen-bond donors (Lipinski definition) is 2. The van der Waals surface area contributed by atoms with Crippen molar-refractivity contribution in [3.63, 3.8) is 0 Å². The van der Waals surface area contributed by atoms with E-state index in [1.54, 1.807) is 0 Å². The van der Waals surface area contributed by atoms with Gasteiger partial charge < -0.3 is 10.6 Å². The lowest BCUT2D eigenvalue weighted by Crippen LogP contribution is -2.40.